The number of nitrogens with one attached hydrogen (secondary N) is 1. The minimum absolute atomic E-state index is 0.422. The molecule has 0 amide bonds. The number of imidazole rings is 1. The molecule has 4 rings (SSSR count). The van der Waals surface area contributed by atoms with E-state index in [4.69, 9.17) is 21.3 Å². The first kappa shape index (κ1) is 22.4. The number of fused-ring (bicyclic) bond motifs is 1. The van der Waals surface area contributed by atoms with Gasteiger partial charge in [-0.25, -0.2) is 4.98 Å². The van der Waals surface area contributed by atoms with Gasteiger partial charge in [-0.3, -0.25) is 0 Å². The minimum Gasteiger partial charge on any atom is -0.486 e. The number of rotatable bonds is 10. The summed E-state index contributed by atoms with van der Waals surface area (Å²) in [6.45, 7) is 4.42. The molecule has 1 heterocycles. The Kier molecular flexibility index (Phi) is 7.46. The highest BCUT2D eigenvalue weighted by Gasteiger charge is 2.16. The highest BCUT2D eigenvalue weighted by atomic mass is 35.5. The van der Waals surface area contributed by atoms with Gasteiger partial charge in [-0.1, -0.05) is 54.1 Å². The number of aryl methyl sites for hydroxylation is 2. The van der Waals surface area contributed by atoms with E-state index in [-0.39, 0.29) is 0 Å². The number of hydrogen-bond acceptors (Lipinski definition) is 3. The van der Waals surface area contributed by atoms with E-state index in [1.54, 1.807) is 0 Å². The van der Waals surface area contributed by atoms with Crippen molar-refractivity contribution in [3.8, 4) is 5.75 Å². The van der Waals surface area contributed by atoms with Crippen molar-refractivity contribution < 1.29 is 4.74 Å². The van der Waals surface area contributed by atoms with Crippen LogP contribution >= 0.6 is 11.6 Å². The summed E-state index contributed by atoms with van der Waals surface area (Å²) in [6.07, 6.45) is 2.12. The molecule has 166 valence electrons. The van der Waals surface area contributed by atoms with Gasteiger partial charge in [-0.2, -0.15) is 0 Å². The van der Waals surface area contributed by atoms with Crippen LogP contribution in [0, 0.1) is 12.8 Å². The summed E-state index contributed by atoms with van der Waals surface area (Å²) in [5, 5.41) is 4.07. The van der Waals surface area contributed by atoms with Crippen LogP contribution in [0.3, 0.4) is 0 Å². The molecule has 0 radical (unpaired) electrons. The predicted octanol–water partition coefficient (Wildman–Crippen LogP) is 6.05. The molecular weight excluding hydrogens is 418 g/mol. The zero-order valence-corrected chi connectivity index (χ0v) is 19.5. The lowest BCUT2D eigenvalue weighted by Gasteiger charge is -2.18. The molecule has 0 aliphatic rings. The smallest absolute Gasteiger partial charge is 0.148 e. The molecule has 1 unspecified atom stereocenters. The van der Waals surface area contributed by atoms with Gasteiger partial charge in [0, 0.05) is 11.6 Å². The number of para-hydroxylation sites is 1. The van der Waals surface area contributed by atoms with Crippen LogP contribution in [0.2, 0.25) is 5.02 Å². The minimum atomic E-state index is 0.422. The molecule has 0 fully saturated rings. The summed E-state index contributed by atoms with van der Waals surface area (Å²) in [5.74, 6) is 2.28. The molecule has 0 aliphatic carbocycles. The first-order valence-corrected chi connectivity index (χ1v) is 11.5. The Hall–Kier alpha value is -2.82. The van der Waals surface area contributed by atoms with Gasteiger partial charge >= 0.3 is 0 Å². The van der Waals surface area contributed by atoms with Crippen molar-refractivity contribution >= 4 is 22.6 Å². The summed E-state index contributed by atoms with van der Waals surface area (Å²) >= 11 is 6.00. The number of hydrogen-bond donors (Lipinski definition) is 1. The predicted molar refractivity (Wildman–Crippen MR) is 132 cm³/mol. The maximum Gasteiger partial charge on any atom is 0.148 e. The van der Waals surface area contributed by atoms with E-state index >= 15 is 0 Å². The Morgan fingerprint density at radius 2 is 1.78 bits per heavy atom. The third-order valence-electron chi connectivity index (χ3n) is 5.86. The van der Waals surface area contributed by atoms with Crippen LogP contribution in [-0.2, 0) is 19.6 Å². The van der Waals surface area contributed by atoms with E-state index in [0.29, 0.717) is 17.5 Å². The molecule has 0 saturated heterocycles. The Morgan fingerprint density at radius 3 is 2.53 bits per heavy atom. The summed E-state index contributed by atoms with van der Waals surface area (Å²) in [5.41, 5.74) is 4.79. The van der Waals surface area contributed by atoms with E-state index < -0.39 is 0 Å². The molecule has 4 nitrogen and oxygen atoms in total. The van der Waals surface area contributed by atoms with E-state index in [1.165, 1.54) is 16.6 Å². The van der Waals surface area contributed by atoms with E-state index in [0.717, 1.165) is 43.0 Å². The third kappa shape index (κ3) is 5.50. The molecule has 5 heteroatoms. The molecule has 0 spiro atoms. The summed E-state index contributed by atoms with van der Waals surface area (Å²) in [4.78, 5) is 4.95. The number of halogens is 1. The Balaban J connectivity index is 1.54. The molecule has 0 aliphatic heterocycles. The fourth-order valence-electron chi connectivity index (χ4n) is 4.20. The van der Waals surface area contributed by atoms with Crippen molar-refractivity contribution in [3.05, 3.63) is 94.8 Å². The Morgan fingerprint density at radius 1 is 1.00 bits per heavy atom. The largest absolute Gasteiger partial charge is 0.486 e. The van der Waals surface area contributed by atoms with Gasteiger partial charge in [0.15, 0.2) is 0 Å². The fourth-order valence-corrected chi connectivity index (χ4v) is 4.32. The van der Waals surface area contributed by atoms with Gasteiger partial charge in [0.1, 0.15) is 18.2 Å². The second-order valence-corrected chi connectivity index (χ2v) is 8.70. The first-order chi connectivity index (χ1) is 15.6. The maximum atomic E-state index is 6.05. The van der Waals surface area contributed by atoms with Gasteiger partial charge in [-0.05, 0) is 80.7 Å². The first-order valence-electron chi connectivity index (χ1n) is 11.2. The molecule has 1 atom stereocenters. The van der Waals surface area contributed by atoms with Gasteiger partial charge < -0.3 is 14.6 Å². The van der Waals surface area contributed by atoms with Crippen molar-refractivity contribution in [1.82, 2.24) is 14.9 Å². The van der Waals surface area contributed by atoms with Crippen LogP contribution in [0.25, 0.3) is 11.0 Å². The average molecular weight is 448 g/mol. The molecule has 0 saturated carbocycles. The van der Waals surface area contributed by atoms with Crippen LogP contribution in [0.5, 0.6) is 5.75 Å². The van der Waals surface area contributed by atoms with Gasteiger partial charge in [0.25, 0.3) is 0 Å². The molecule has 0 bridgehead atoms. The summed E-state index contributed by atoms with van der Waals surface area (Å²) < 4.78 is 8.38. The van der Waals surface area contributed by atoms with Crippen LogP contribution in [0.1, 0.15) is 23.4 Å². The van der Waals surface area contributed by atoms with E-state index in [2.05, 4.69) is 65.3 Å². The van der Waals surface area contributed by atoms with Crippen LogP contribution in [0.15, 0.2) is 72.8 Å². The SMILES string of the molecule is CNCC(CCn1c(COc2ccc(Cl)cc2)nc2c(C)cccc21)Cc1ccccc1. The topological polar surface area (TPSA) is 39.1 Å². The van der Waals surface area contributed by atoms with Crippen molar-refractivity contribution in [2.45, 2.75) is 32.9 Å². The van der Waals surface area contributed by atoms with Crippen LogP contribution < -0.4 is 10.1 Å². The number of ether oxygens (including phenoxy) is 1. The van der Waals surface area contributed by atoms with Crippen LogP contribution in [0.4, 0.5) is 0 Å². The maximum absolute atomic E-state index is 6.05. The summed E-state index contributed by atoms with van der Waals surface area (Å²) in [6, 6.07) is 24.6. The lowest BCUT2D eigenvalue weighted by molar-refractivity contribution is 0.287. The molecule has 3 aromatic carbocycles. The molecular formula is C27H30ClN3O. The molecule has 1 N–H and O–H groups in total. The molecule has 1 aromatic heterocycles. The Bertz CT molecular complexity index is 1140. The van der Waals surface area contributed by atoms with Crippen molar-refractivity contribution in [2.75, 3.05) is 13.6 Å². The standard InChI is InChI=1S/C27H30ClN3O/c1-20-7-6-10-25-27(20)30-26(19-32-24-13-11-23(28)12-14-24)31(25)16-15-22(18-29-2)17-21-8-4-3-5-9-21/h3-14,22,29H,15-19H2,1-2H3. The van der Waals surface area contributed by atoms with Gasteiger partial charge in [0.2, 0.25) is 0 Å². The number of benzene rings is 3. The van der Waals surface area contributed by atoms with E-state index in [9.17, 15) is 0 Å². The van der Waals surface area contributed by atoms with Crippen molar-refractivity contribution in [1.29, 1.82) is 0 Å². The third-order valence-corrected chi connectivity index (χ3v) is 6.11. The Labute approximate surface area is 195 Å². The van der Waals surface area contributed by atoms with Gasteiger partial charge in [-0.15, -0.1) is 0 Å². The normalized spacial score (nSPS) is 12.2. The summed E-state index contributed by atoms with van der Waals surface area (Å²) in [7, 11) is 2.03. The second-order valence-electron chi connectivity index (χ2n) is 8.27. The van der Waals surface area contributed by atoms with Gasteiger partial charge in [0.05, 0.1) is 11.0 Å². The lowest BCUT2D eigenvalue weighted by atomic mass is 9.96. The number of nitrogens with zero attached hydrogens (tertiary/aromatic N) is 2. The molecule has 32 heavy (non-hydrogen) atoms. The second kappa shape index (κ2) is 10.7. The molecule has 4 aromatic rings. The zero-order chi connectivity index (χ0) is 22.3. The highest BCUT2D eigenvalue weighted by Crippen LogP contribution is 2.24. The van der Waals surface area contributed by atoms with Crippen LogP contribution in [-0.4, -0.2) is 23.1 Å². The quantitative estimate of drug-likeness (QED) is 0.322. The van der Waals surface area contributed by atoms with E-state index in [1.807, 2.05) is 31.3 Å². The average Bonchev–Trinajstić information content (AvgIpc) is 3.17. The van der Waals surface area contributed by atoms with Crippen molar-refractivity contribution in [3.63, 3.8) is 0 Å². The highest BCUT2D eigenvalue weighted by molar-refractivity contribution is 6.30. The lowest BCUT2D eigenvalue weighted by Crippen LogP contribution is -2.22. The monoisotopic (exact) mass is 447 g/mol. The zero-order valence-electron chi connectivity index (χ0n) is 18.7. The number of aromatic nitrogens is 2. The van der Waals surface area contributed by atoms with Crippen molar-refractivity contribution in [2.24, 2.45) is 5.92 Å². The fraction of sp³-hybridized carbons (Fsp3) is 0.296.